The molecule has 0 N–H and O–H groups in total. The number of hydrogen-bond donors (Lipinski definition) is 0. The standard InChI is InChI=1S/C26H20O2S/c1-28-22-12-14-23(15-13-22)29(27)25-11-5-9-18-8-4-10-24(26(18)25)21-16-19-6-2-3-7-20(19)17-21/h2-16H,17H2,1H3. The number of rotatable bonds is 4. The van der Waals surface area contributed by atoms with Gasteiger partial charge in [-0.1, -0.05) is 60.7 Å². The zero-order chi connectivity index (χ0) is 19.8. The van der Waals surface area contributed by atoms with Gasteiger partial charge < -0.3 is 4.74 Å². The molecule has 0 bridgehead atoms. The zero-order valence-electron chi connectivity index (χ0n) is 16.1. The van der Waals surface area contributed by atoms with E-state index in [1.165, 1.54) is 16.7 Å². The van der Waals surface area contributed by atoms with Crippen LogP contribution in [0.2, 0.25) is 0 Å². The first-order valence-electron chi connectivity index (χ1n) is 9.61. The summed E-state index contributed by atoms with van der Waals surface area (Å²) in [6, 6.07) is 28.4. The lowest BCUT2D eigenvalue weighted by molar-refractivity contribution is 0.414. The fourth-order valence-electron chi connectivity index (χ4n) is 4.01. The van der Waals surface area contributed by atoms with Gasteiger partial charge in [0.15, 0.2) is 0 Å². The van der Waals surface area contributed by atoms with Crippen molar-refractivity contribution in [2.75, 3.05) is 7.11 Å². The molecule has 1 aliphatic rings. The van der Waals surface area contributed by atoms with E-state index < -0.39 is 10.8 Å². The summed E-state index contributed by atoms with van der Waals surface area (Å²) in [7, 11) is 0.360. The number of benzene rings is 4. The van der Waals surface area contributed by atoms with Gasteiger partial charge in [0.25, 0.3) is 0 Å². The average Bonchev–Trinajstić information content (AvgIpc) is 3.22. The SMILES string of the molecule is COc1ccc(S(=O)c2cccc3cccc(C4=Cc5ccccc5C4)c23)cc1. The highest BCUT2D eigenvalue weighted by atomic mass is 32.2. The Kier molecular flexibility index (Phi) is 4.53. The highest BCUT2D eigenvalue weighted by molar-refractivity contribution is 7.85. The van der Waals surface area contributed by atoms with E-state index in [1.807, 2.05) is 36.4 Å². The van der Waals surface area contributed by atoms with E-state index in [4.69, 9.17) is 4.74 Å². The van der Waals surface area contributed by atoms with Gasteiger partial charge in [-0.3, -0.25) is 0 Å². The first-order valence-corrected chi connectivity index (χ1v) is 10.8. The van der Waals surface area contributed by atoms with Crippen LogP contribution in [0.3, 0.4) is 0 Å². The Bertz CT molecular complexity index is 1260. The molecule has 1 atom stereocenters. The molecular formula is C26H20O2S. The van der Waals surface area contributed by atoms with E-state index >= 15 is 0 Å². The monoisotopic (exact) mass is 396 g/mol. The molecule has 29 heavy (non-hydrogen) atoms. The Balaban J connectivity index is 1.65. The van der Waals surface area contributed by atoms with E-state index in [9.17, 15) is 4.21 Å². The van der Waals surface area contributed by atoms with Crippen LogP contribution in [-0.4, -0.2) is 11.3 Å². The molecule has 0 saturated carbocycles. The van der Waals surface area contributed by atoms with Crippen LogP contribution in [0.1, 0.15) is 16.7 Å². The van der Waals surface area contributed by atoms with Crippen LogP contribution >= 0.6 is 0 Å². The molecule has 2 nitrogen and oxygen atoms in total. The third kappa shape index (κ3) is 3.18. The van der Waals surface area contributed by atoms with Crippen LogP contribution in [0.15, 0.2) is 94.7 Å². The summed E-state index contributed by atoms with van der Waals surface area (Å²) in [6.07, 6.45) is 3.16. The minimum atomic E-state index is -1.28. The molecule has 0 saturated heterocycles. The van der Waals surface area contributed by atoms with Crippen LogP contribution in [0.5, 0.6) is 5.75 Å². The molecule has 0 aromatic heterocycles. The molecule has 0 amide bonds. The van der Waals surface area contributed by atoms with Crippen LogP contribution in [-0.2, 0) is 17.2 Å². The van der Waals surface area contributed by atoms with E-state index in [2.05, 4.69) is 54.6 Å². The van der Waals surface area contributed by atoms with Gasteiger partial charge in [-0.05, 0) is 64.4 Å². The molecule has 3 heteroatoms. The second kappa shape index (κ2) is 7.34. The van der Waals surface area contributed by atoms with Crippen molar-refractivity contribution in [3.8, 4) is 5.75 Å². The van der Waals surface area contributed by atoms with E-state index in [1.54, 1.807) is 7.11 Å². The molecule has 0 spiro atoms. The summed E-state index contributed by atoms with van der Waals surface area (Å²) in [5.41, 5.74) is 5.05. The Labute approximate surface area is 172 Å². The quantitative estimate of drug-likeness (QED) is 0.416. The molecule has 5 rings (SSSR count). The lowest BCUT2D eigenvalue weighted by atomic mass is 9.97. The molecule has 4 aromatic rings. The van der Waals surface area contributed by atoms with Crippen molar-refractivity contribution in [1.82, 2.24) is 0 Å². The lowest BCUT2D eigenvalue weighted by Gasteiger charge is -2.13. The molecule has 142 valence electrons. The third-order valence-electron chi connectivity index (χ3n) is 5.45. The van der Waals surface area contributed by atoms with E-state index in [-0.39, 0.29) is 0 Å². The van der Waals surface area contributed by atoms with Crippen molar-refractivity contribution >= 4 is 33.2 Å². The summed E-state index contributed by atoms with van der Waals surface area (Å²) in [5, 5.41) is 2.18. The minimum Gasteiger partial charge on any atom is -0.497 e. The third-order valence-corrected chi connectivity index (χ3v) is 6.89. The first kappa shape index (κ1) is 17.9. The second-order valence-electron chi connectivity index (χ2n) is 7.15. The fraction of sp³-hybridized carbons (Fsp3) is 0.0769. The van der Waals surface area contributed by atoms with Gasteiger partial charge in [0, 0.05) is 10.3 Å². The highest BCUT2D eigenvalue weighted by Crippen LogP contribution is 2.37. The lowest BCUT2D eigenvalue weighted by Crippen LogP contribution is -1.97. The predicted molar refractivity (Wildman–Crippen MR) is 120 cm³/mol. The highest BCUT2D eigenvalue weighted by Gasteiger charge is 2.19. The Morgan fingerprint density at radius 3 is 2.34 bits per heavy atom. The number of ether oxygens (including phenoxy) is 1. The summed E-state index contributed by atoms with van der Waals surface area (Å²) in [5.74, 6) is 0.762. The van der Waals surface area contributed by atoms with Crippen LogP contribution in [0.25, 0.3) is 22.4 Å². The maximum atomic E-state index is 13.5. The molecule has 0 fully saturated rings. The van der Waals surface area contributed by atoms with Crippen molar-refractivity contribution in [2.45, 2.75) is 16.2 Å². The van der Waals surface area contributed by atoms with Crippen molar-refractivity contribution in [2.24, 2.45) is 0 Å². The van der Waals surface area contributed by atoms with Gasteiger partial charge in [0.05, 0.1) is 22.8 Å². The van der Waals surface area contributed by atoms with Gasteiger partial charge in [0.2, 0.25) is 0 Å². The maximum absolute atomic E-state index is 13.5. The largest absolute Gasteiger partial charge is 0.497 e. The molecule has 0 heterocycles. The normalized spacial score (nSPS) is 13.8. The summed E-state index contributed by atoms with van der Waals surface area (Å²) < 4.78 is 18.7. The Morgan fingerprint density at radius 1 is 0.828 bits per heavy atom. The van der Waals surface area contributed by atoms with Gasteiger partial charge in [-0.25, -0.2) is 4.21 Å². The number of hydrogen-bond acceptors (Lipinski definition) is 2. The summed E-state index contributed by atoms with van der Waals surface area (Å²) >= 11 is 0. The van der Waals surface area contributed by atoms with Crippen molar-refractivity contribution in [3.63, 3.8) is 0 Å². The fourth-order valence-corrected chi connectivity index (χ4v) is 5.26. The zero-order valence-corrected chi connectivity index (χ0v) is 16.9. The smallest absolute Gasteiger partial charge is 0.118 e. The van der Waals surface area contributed by atoms with Gasteiger partial charge in [0.1, 0.15) is 5.75 Å². The number of fused-ring (bicyclic) bond motifs is 2. The molecular weight excluding hydrogens is 376 g/mol. The van der Waals surface area contributed by atoms with Crippen LogP contribution in [0, 0.1) is 0 Å². The first-order chi connectivity index (χ1) is 14.2. The molecule has 4 aromatic carbocycles. The van der Waals surface area contributed by atoms with E-state index in [0.29, 0.717) is 0 Å². The van der Waals surface area contributed by atoms with Crippen LogP contribution < -0.4 is 4.74 Å². The average molecular weight is 397 g/mol. The van der Waals surface area contributed by atoms with Crippen molar-refractivity contribution in [1.29, 1.82) is 0 Å². The maximum Gasteiger partial charge on any atom is 0.118 e. The van der Waals surface area contributed by atoms with Gasteiger partial charge in [-0.2, -0.15) is 0 Å². The van der Waals surface area contributed by atoms with Crippen molar-refractivity contribution < 1.29 is 8.95 Å². The minimum absolute atomic E-state index is 0.762. The Hall–Kier alpha value is -3.17. The van der Waals surface area contributed by atoms with E-state index in [0.717, 1.165) is 38.3 Å². The van der Waals surface area contributed by atoms with Gasteiger partial charge >= 0.3 is 0 Å². The predicted octanol–water partition coefficient (Wildman–Crippen LogP) is 6.11. The molecule has 1 unspecified atom stereocenters. The second-order valence-corrected chi connectivity index (χ2v) is 8.60. The molecule has 0 aliphatic heterocycles. The van der Waals surface area contributed by atoms with Gasteiger partial charge in [-0.15, -0.1) is 0 Å². The summed E-state index contributed by atoms with van der Waals surface area (Å²) in [4.78, 5) is 1.62. The number of methoxy groups -OCH3 is 1. The molecule has 1 aliphatic carbocycles. The number of allylic oxidation sites excluding steroid dienone is 1. The topological polar surface area (TPSA) is 26.3 Å². The molecule has 0 radical (unpaired) electrons. The van der Waals surface area contributed by atoms with Crippen LogP contribution in [0.4, 0.5) is 0 Å². The van der Waals surface area contributed by atoms with Crippen molar-refractivity contribution in [3.05, 3.63) is 102 Å². The summed E-state index contributed by atoms with van der Waals surface area (Å²) in [6.45, 7) is 0. The Morgan fingerprint density at radius 2 is 1.59 bits per heavy atom.